The van der Waals surface area contributed by atoms with E-state index in [0.29, 0.717) is 11.1 Å². The lowest BCUT2D eigenvalue weighted by atomic mass is 10.1. The van der Waals surface area contributed by atoms with E-state index < -0.39 is 16.7 Å². The van der Waals surface area contributed by atoms with Crippen molar-refractivity contribution < 1.29 is 19.6 Å². The predicted molar refractivity (Wildman–Crippen MR) is 119 cm³/mol. The molecule has 9 nitrogen and oxygen atoms in total. The lowest BCUT2D eigenvalue weighted by Crippen LogP contribution is -2.32. The predicted octanol–water partition coefficient (Wildman–Crippen LogP) is 3.22. The van der Waals surface area contributed by atoms with Crippen LogP contribution in [0.15, 0.2) is 89.7 Å². The van der Waals surface area contributed by atoms with E-state index in [-0.39, 0.29) is 22.7 Å². The largest absolute Gasteiger partial charge is 0.508 e. The van der Waals surface area contributed by atoms with Crippen molar-refractivity contribution in [2.24, 2.45) is 5.10 Å². The van der Waals surface area contributed by atoms with Crippen LogP contribution in [0.25, 0.3) is 6.08 Å². The number of nitrogens with one attached hydrogen (secondary N) is 2. The van der Waals surface area contributed by atoms with Gasteiger partial charge in [-0.1, -0.05) is 48.5 Å². The summed E-state index contributed by atoms with van der Waals surface area (Å²) < 4.78 is 0. The van der Waals surface area contributed by atoms with E-state index in [4.69, 9.17) is 0 Å². The summed E-state index contributed by atoms with van der Waals surface area (Å²) in [5, 5.41) is 27.0. The van der Waals surface area contributed by atoms with Crippen LogP contribution in [0, 0.1) is 10.1 Å². The minimum Gasteiger partial charge on any atom is -0.508 e. The Balaban J connectivity index is 1.82. The van der Waals surface area contributed by atoms with Gasteiger partial charge < -0.3 is 10.4 Å². The van der Waals surface area contributed by atoms with E-state index in [9.17, 15) is 24.8 Å². The quantitative estimate of drug-likeness (QED) is 0.229. The zero-order valence-electron chi connectivity index (χ0n) is 16.6. The highest BCUT2D eigenvalue weighted by atomic mass is 16.6. The molecule has 0 radical (unpaired) electrons. The van der Waals surface area contributed by atoms with E-state index in [1.54, 1.807) is 54.6 Å². The number of hydrogen-bond acceptors (Lipinski definition) is 6. The molecule has 0 heterocycles. The molecule has 0 saturated carbocycles. The van der Waals surface area contributed by atoms with Gasteiger partial charge in [0.05, 0.1) is 16.7 Å². The summed E-state index contributed by atoms with van der Waals surface area (Å²) in [6.07, 6.45) is 2.51. The first-order chi connectivity index (χ1) is 15.4. The van der Waals surface area contributed by atoms with Crippen molar-refractivity contribution in [3.05, 3.63) is 111 Å². The van der Waals surface area contributed by atoms with Crippen molar-refractivity contribution in [2.75, 3.05) is 0 Å². The van der Waals surface area contributed by atoms with Gasteiger partial charge in [0.25, 0.3) is 17.5 Å². The molecule has 0 aliphatic carbocycles. The monoisotopic (exact) mass is 430 g/mol. The lowest BCUT2D eigenvalue weighted by Gasteiger charge is -2.09. The topological polar surface area (TPSA) is 134 Å². The number of aromatic hydroxyl groups is 1. The molecule has 0 fully saturated rings. The lowest BCUT2D eigenvalue weighted by molar-refractivity contribution is -0.385. The molecular weight excluding hydrogens is 412 g/mol. The van der Waals surface area contributed by atoms with Crippen molar-refractivity contribution >= 4 is 29.8 Å². The molecule has 32 heavy (non-hydrogen) atoms. The second-order valence-corrected chi connectivity index (χ2v) is 6.49. The number of hydrazone groups is 1. The van der Waals surface area contributed by atoms with Crippen molar-refractivity contribution in [1.29, 1.82) is 0 Å². The molecule has 3 aromatic carbocycles. The molecule has 0 bridgehead atoms. The van der Waals surface area contributed by atoms with Crippen LogP contribution in [0.1, 0.15) is 21.5 Å². The second-order valence-electron chi connectivity index (χ2n) is 6.49. The van der Waals surface area contributed by atoms with Gasteiger partial charge in [0.2, 0.25) is 0 Å². The number of hydrogen-bond donors (Lipinski definition) is 3. The van der Waals surface area contributed by atoms with Gasteiger partial charge in [-0.05, 0) is 35.9 Å². The summed E-state index contributed by atoms with van der Waals surface area (Å²) in [5.41, 5.74) is 2.89. The molecule has 3 N–H and O–H groups in total. The summed E-state index contributed by atoms with van der Waals surface area (Å²) in [5.74, 6) is -1.42. The Morgan fingerprint density at radius 3 is 2.28 bits per heavy atom. The van der Waals surface area contributed by atoms with Gasteiger partial charge in [0.15, 0.2) is 0 Å². The Bertz CT molecular complexity index is 1190. The molecule has 0 aliphatic rings. The fourth-order valence-electron chi connectivity index (χ4n) is 2.69. The van der Waals surface area contributed by atoms with Crippen LogP contribution in [0.2, 0.25) is 0 Å². The van der Waals surface area contributed by atoms with Gasteiger partial charge in [-0.25, -0.2) is 5.43 Å². The molecule has 0 spiro atoms. The second kappa shape index (κ2) is 10.3. The molecule has 160 valence electrons. The van der Waals surface area contributed by atoms with Crippen LogP contribution in [-0.2, 0) is 4.79 Å². The van der Waals surface area contributed by atoms with E-state index in [2.05, 4.69) is 15.8 Å². The Kier molecular flexibility index (Phi) is 7.05. The molecule has 9 heteroatoms. The standard InChI is InChI=1S/C23H18N4O5/c28-19-11-12-21(27(31)32)18(14-19)15-24-26-23(30)20(13-16-7-3-1-4-8-16)25-22(29)17-9-5-2-6-10-17/h1-15,28H,(H,25,29)(H,26,30)/b20-13-,24-15-. The Morgan fingerprint density at radius 1 is 0.969 bits per heavy atom. The number of carbonyl (C=O) groups is 2. The average molecular weight is 430 g/mol. The number of nitro benzene ring substituents is 1. The zero-order valence-corrected chi connectivity index (χ0v) is 16.6. The molecule has 3 aromatic rings. The molecule has 0 saturated heterocycles. The first kappa shape index (κ1) is 21.9. The van der Waals surface area contributed by atoms with Crippen LogP contribution in [-0.4, -0.2) is 28.1 Å². The third-order valence-electron chi connectivity index (χ3n) is 4.22. The summed E-state index contributed by atoms with van der Waals surface area (Å²) in [4.78, 5) is 35.7. The number of rotatable bonds is 7. The van der Waals surface area contributed by atoms with E-state index >= 15 is 0 Å². The first-order valence-corrected chi connectivity index (χ1v) is 9.38. The maximum Gasteiger partial charge on any atom is 0.287 e. The minimum atomic E-state index is -0.739. The molecule has 2 amide bonds. The van der Waals surface area contributed by atoms with Gasteiger partial charge in [-0.3, -0.25) is 19.7 Å². The Labute approximate surface area is 182 Å². The normalized spacial score (nSPS) is 11.2. The van der Waals surface area contributed by atoms with Crippen molar-refractivity contribution in [1.82, 2.24) is 10.7 Å². The van der Waals surface area contributed by atoms with Gasteiger partial charge in [-0.2, -0.15) is 5.10 Å². The number of phenols is 1. The SMILES string of the molecule is O=C(N/N=C\c1cc(O)ccc1[N+](=O)[O-])/C(=C/c1ccccc1)NC(=O)c1ccccc1. The smallest absolute Gasteiger partial charge is 0.287 e. The van der Waals surface area contributed by atoms with Crippen LogP contribution in [0.4, 0.5) is 5.69 Å². The highest BCUT2D eigenvalue weighted by molar-refractivity contribution is 6.05. The van der Waals surface area contributed by atoms with Gasteiger partial charge >= 0.3 is 0 Å². The summed E-state index contributed by atoms with van der Waals surface area (Å²) in [6.45, 7) is 0. The van der Waals surface area contributed by atoms with Crippen LogP contribution >= 0.6 is 0 Å². The van der Waals surface area contributed by atoms with Gasteiger partial charge in [-0.15, -0.1) is 0 Å². The van der Waals surface area contributed by atoms with Crippen molar-refractivity contribution in [2.45, 2.75) is 0 Å². The van der Waals surface area contributed by atoms with Crippen LogP contribution < -0.4 is 10.7 Å². The average Bonchev–Trinajstić information content (AvgIpc) is 2.79. The molecule has 0 atom stereocenters. The zero-order chi connectivity index (χ0) is 22.9. The highest BCUT2D eigenvalue weighted by Crippen LogP contribution is 2.21. The fourth-order valence-corrected chi connectivity index (χ4v) is 2.69. The first-order valence-electron chi connectivity index (χ1n) is 9.38. The van der Waals surface area contributed by atoms with Crippen LogP contribution in [0.5, 0.6) is 5.75 Å². The van der Waals surface area contributed by atoms with E-state index in [1.807, 2.05) is 6.07 Å². The third-order valence-corrected chi connectivity index (χ3v) is 4.22. The maximum absolute atomic E-state index is 12.7. The number of phenolic OH excluding ortho intramolecular Hbond substituents is 1. The maximum atomic E-state index is 12.7. The number of nitro groups is 1. The molecule has 0 aromatic heterocycles. The summed E-state index contributed by atoms with van der Waals surface area (Å²) in [7, 11) is 0. The van der Waals surface area contributed by atoms with Crippen LogP contribution in [0.3, 0.4) is 0 Å². The Morgan fingerprint density at radius 2 is 1.62 bits per heavy atom. The Hall–Kier alpha value is -4.79. The number of benzene rings is 3. The van der Waals surface area contributed by atoms with Gasteiger partial charge in [0.1, 0.15) is 11.4 Å². The molecule has 0 unspecified atom stereocenters. The third kappa shape index (κ3) is 5.86. The number of nitrogens with zero attached hydrogens (tertiary/aromatic N) is 2. The number of amides is 2. The fraction of sp³-hybridized carbons (Fsp3) is 0. The van der Waals surface area contributed by atoms with Gasteiger partial charge in [0, 0.05) is 11.6 Å². The summed E-state index contributed by atoms with van der Waals surface area (Å²) >= 11 is 0. The minimum absolute atomic E-state index is 0.00258. The number of carbonyl (C=O) groups excluding carboxylic acids is 2. The van der Waals surface area contributed by atoms with E-state index in [0.717, 1.165) is 18.3 Å². The molecule has 0 aliphatic heterocycles. The molecular formula is C23H18N4O5. The van der Waals surface area contributed by atoms with Crippen molar-refractivity contribution in [3.63, 3.8) is 0 Å². The molecule has 3 rings (SSSR count). The van der Waals surface area contributed by atoms with E-state index in [1.165, 1.54) is 12.1 Å². The highest BCUT2D eigenvalue weighted by Gasteiger charge is 2.15. The van der Waals surface area contributed by atoms with Crippen molar-refractivity contribution in [3.8, 4) is 5.75 Å². The summed E-state index contributed by atoms with van der Waals surface area (Å²) in [6, 6.07) is 20.7.